The zero-order chi connectivity index (χ0) is 27.6. The van der Waals surface area contributed by atoms with Crippen LogP contribution >= 0.6 is 0 Å². The molecule has 0 saturated carbocycles. The second-order valence-electron chi connectivity index (χ2n) is 8.94. The maximum Gasteiger partial charge on any atom is 0.335 e. The second kappa shape index (κ2) is 13.4. The van der Waals surface area contributed by atoms with Gasteiger partial charge in [0.2, 0.25) is 5.95 Å². The summed E-state index contributed by atoms with van der Waals surface area (Å²) in [4.78, 5) is 20.1. The highest BCUT2D eigenvalue weighted by Crippen LogP contribution is 2.27. The van der Waals surface area contributed by atoms with Crippen molar-refractivity contribution in [3.05, 3.63) is 108 Å². The van der Waals surface area contributed by atoms with E-state index < -0.39 is 5.97 Å². The minimum Gasteiger partial charge on any atom is -0.490 e. The zero-order valence-corrected chi connectivity index (χ0v) is 21.8. The van der Waals surface area contributed by atoms with Crippen molar-refractivity contribution in [2.45, 2.75) is 13.2 Å². The van der Waals surface area contributed by atoms with Gasteiger partial charge in [0.05, 0.1) is 37.7 Å². The summed E-state index contributed by atoms with van der Waals surface area (Å²) in [6.07, 6.45) is 5.61. The van der Waals surface area contributed by atoms with Crippen LogP contribution in [0.2, 0.25) is 0 Å². The molecule has 0 unspecified atom stereocenters. The summed E-state index contributed by atoms with van der Waals surface area (Å²) in [7, 11) is 0. The molecule has 0 amide bonds. The van der Waals surface area contributed by atoms with E-state index in [2.05, 4.69) is 16.4 Å². The molecule has 0 fully saturated rings. The second-order valence-corrected chi connectivity index (χ2v) is 8.94. The fourth-order valence-corrected chi connectivity index (χ4v) is 4.06. The van der Waals surface area contributed by atoms with Gasteiger partial charge >= 0.3 is 5.97 Å². The van der Waals surface area contributed by atoms with Crippen molar-refractivity contribution in [2.75, 3.05) is 31.7 Å². The number of nitrogens with one attached hydrogen (secondary N) is 1. The molecule has 9 heteroatoms. The number of hydrogen-bond acceptors (Lipinski definition) is 8. The van der Waals surface area contributed by atoms with Gasteiger partial charge in [-0.2, -0.15) is 0 Å². The summed E-state index contributed by atoms with van der Waals surface area (Å²) >= 11 is 0. The number of anilines is 2. The van der Waals surface area contributed by atoms with E-state index in [0.717, 1.165) is 28.1 Å². The Hall–Kier alpha value is -4.73. The molecule has 40 heavy (non-hydrogen) atoms. The van der Waals surface area contributed by atoms with E-state index in [9.17, 15) is 4.79 Å². The molecule has 6 bridgehead atoms. The molecule has 0 saturated heterocycles. The lowest BCUT2D eigenvalue weighted by atomic mass is 10.1. The van der Waals surface area contributed by atoms with Gasteiger partial charge < -0.3 is 29.4 Å². The molecule has 1 aliphatic rings. The van der Waals surface area contributed by atoms with Crippen molar-refractivity contribution in [2.24, 2.45) is 0 Å². The Morgan fingerprint density at radius 3 is 2.52 bits per heavy atom. The Morgan fingerprint density at radius 1 is 0.900 bits per heavy atom. The fourth-order valence-electron chi connectivity index (χ4n) is 4.06. The van der Waals surface area contributed by atoms with Crippen LogP contribution in [0.1, 0.15) is 21.5 Å². The summed E-state index contributed by atoms with van der Waals surface area (Å²) in [5.41, 5.74) is 4.72. The van der Waals surface area contributed by atoms with E-state index in [4.69, 9.17) is 29.0 Å². The van der Waals surface area contributed by atoms with Crippen LogP contribution in [0.4, 0.5) is 11.6 Å². The number of carbonyl (C=O) groups is 1. The summed E-state index contributed by atoms with van der Waals surface area (Å²) in [6, 6.07) is 22.0. The largest absolute Gasteiger partial charge is 0.490 e. The minimum atomic E-state index is -0.977. The first-order valence-corrected chi connectivity index (χ1v) is 12.9. The van der Waals surface area contributed by atoms with Crippen LogP contribution in [-0.4, -0.2) is 47.5 Å². The van der Waals surface area contributed by atoms with E-state index in [1.54, 1.807) is 18.3 Å². The number of carboxylic acid groups (broad SMARTS) is 1. The van der Waals surface area contributed by atoms with Gasteiger partial charge in [-0.1, -0.05) is 30.4 Å². The number of hydrogen-bond donors (Lipinski definition) is 2. The van der Waals surface area contributed by atoms with Gasteiger partial charge in [0.1, 0.15) is 24.7 Å². The number of nitrogens with zero attached hydrogens (tertiary/aromatic N) is 2. The van der Waals surface area contributed by atoms with Crippen LogP contribution in [0.25, 0.3) is 11.3 Å². The molecule has 1 aromatic heterocycles. The standard InChI is InChI=1S/C31H29N3O6/c35-30(36)23-6-9-27(10-7-23)39-16-17-40-29-11-8-26-19-25(29)21-38-15-2-1-14-37-20-22-4-3-5-24(18-22)28-12-13-32-31(33-26)34-28/h1-13,18-19H,14-17,20-21H2,(H,35,36)(H,32,33,34)/b2-1+. The van der Waals surface area contributed by atoms with Gasteiger partial charge in [-0.15, -0.1) is 0 Å². The Kier molecular flexibility index (Phi) is 8.98. The maximum atomic E-state index is 11.0. The lowest BCUT2D eigenvalue weighted by molar-refractivity contribution is 0.0696. The first-order chi connectivity index (χ1) is 19.6. The van der Waals surface area contributed by atoms with E-state index in [1.165, 1.54) is 12.1 Å². The third-order valence-electron chi connectivity index (χ3n) is 6.03. The first-order valence-electron chi connectivity index (χ1n) is 12.9. The number of ether oxygens (including phenoxy) is 4. The van der Waals surface area contributed by atoms with Crippen molar-refractivity contribution in [1.82, 2.24) is 9.97 Å². The maximum absolute atomic E-state index is 11.0. The Labute approximate surface area is 232 Å². The zero-order valence-electron chi connectivity index (χ0n) is 21.8. The molecule has 1 aliphatic heterocycles. The number of carboxylic acids is 1. The predicted molar refractivity (Wildman–Crippen MR) is 150 cm³/mol. The molecule has 2 N–H and O–H groups in total. The molecule has 0 radical (unpaired) electrons. The average molecular weight is 540 g/mol. The number of rotatable bonds is 6. The molecule has 9 nitrogen and oxygen atoms in total. The number of benzene rings is 3. The fraction of sp³-hybridized carbons (Fsp3) is 0.194. The van der Waals surface area contributed by atoms with Crippen LogP contribution in [0.5, 0.6) is 11.5 Å². The lowest BCUT2D eigenvalue weighted by Crippen LogP contribution is -2.11. The molecule has 5 rings (SSSR count). The van der Waals surface area contributed by atoms with Crippen LogP contribution in [0, 0.1) is 0 Å². The summed E-state index contributed by atoms with van der Waals surface area (Å²) in [6.45, 7) is 2.32. The van der Waals surface area contributed by atoms with E-state index >= 15 is 0 Å². The van der Waals surface area contributed by atoms with Crippen LogP contribution in [-0.2, 0) is 22.7 Å². The average Bonchev–Trinajstić information content (AvgIpc) is 2.97. The molecule has 0 atom stereocenters. The summed E-state index contributed by atoms with van der Waals surface area (Å²) < 4.78 is 23.4. The van der Waals surface area contributed by atoms with E-state index in [0.29, 0.717) is 50.5 Å². The molecular weight excluding hydrogens is 510 g/mol. The van der Waals surface area contributed by atoms with Crippen molar-refractivity contribution < 1.29 is 28.8 Å². The van der Waals surface area contributed by atoms with Gasteiger partial charge in [-0.3, -0.25) is 0 Å². The quantitative estimate of drug-likeness (QED) is 0.237. The third-order valence-corrected chi connectivity index (χ3v) is 6.03. The number of aromatic carboxylic acids is 1. The van der Waals surface area contributed by atoms with E-state index in [-0.39, 0.29) is 12.2 Å². The van der Waals surface area contributed by atoms with Crippen molar-refractivity contribution in [3.8, 4) is 22.8 Å². The van der Waals surface area contributed by atoms with Crippen molar-refractivity contribution in [1.29, 1.82) is 0 Å². The molecule has 4 aromatic rings. The SMILES string of the molecule is O=C(O)c1ccc(OCCOc2ccc3cc2COC/C=C/COCc2cccc(c2)-c2ccnc(n2)N3)cc1. The van der Waals surface area contributed by atoms with E-state index in [1.807, 2.05) is 54.6 Å². The van der Waals surface area contributed by atoms with Gasteiger partial charge in [0.15, 0.2) is 0 Å². The van der Waals surface area contributed by atoms with Gasteiger partial charge in [-0.25, -0.2) is 14.8 Å². The first kappa shape index (κ1) is 26.9. The van der Waals surface area contributed by atoms with Gasteiger partial charge in [0, 0.05) is 23.0 Å². The topological polar surface area (TPSA) is 112 Å². The predicted octanol–water partition coefficient (Wildman–Crippen LogP) is 5.65. The molecule has 3 aromatic carbocycles. The van der Waals surface area contributed by atoms with Crippen LogP contribution < -0.4 is 14.8 Å². The van der Waals surface area contributed by atoms with Gasteiger partial charge in [0.25, 0.3) is 0 Å². The Balaban J connectivity index is 1.29. The molecule has 0 aliphatic carbocycles. The Bertz CT molecular complexity index is 1470. The molecular formula is C31H29N3O6. The summed E-state index contributed by atoms with van der Waals surface area (Å²) in [5, 5.41) is 12.3. The number of fused-ring (bicyclic) bond motifs is 7. The normalized spacial score (nSPS) is 14.2. The summed E-state index contributed by atoms with van der Waals surface area (Å²) in [5.74, 6) is 0.741. The van der Waals surface area contributed by atoms with Crippen LogP contribution in [0.3, 0.4) is 0 Å². The molecule has 2 heterocycles. The number of aromatic nitrogens is 2. The Morgan fingerprint density at radius 2 is 1.70 bits per heavy atom. The smallest absolute Gasteiger partial charge is 0.335 e. The van der Waals surface area contributed by atoms with Crippen molar-refractivity contribution in [3.63, 3.8) is 0 Å². The van der Waals surface area contributed by atoms with Crippen molar-refractivity contribution >= 4 is 17.6 Å². The lowest BCUT2D eigenvalue weighted by Gasteiger charge is -2.15. The highest BCUT2D eigenvalue weighted by molar-refractivity contribution is 5.87. The highest BCUT2D eigenvalue weighted by atomic mass is 16.5. The minimum absolute atomic E-state index is 0.207. The third kappa shape index (κ3) is 7.43. The molecule has 204 valence electrons. The molecule has 0 spiro atoms. The monoisotopic (exact) mass is 539 g/mol. The van der Waals surface area contributed by atoms with Gasteiger partial charge in [-0.05, 0) is 60.2 Å². The van der Waals surface area contributed by atoms with Crippen LogP contribution in [0.15, 0.2) is 91.1 Å². The highest BCUT2D eigenvalue weighted by Gasteiger charge is 2.10.